The molecule has 0 saturated heterocycles. The minimum Gasteiger partial charge on any atom is -0.329 e. The van der Waals surface area contributed by atoms with Crippen LogP contribution in [0, 0.1) is 5.92 Å². The molecule has 102 valence electrons. The minimum absolute atomic E-state index is 0.203. The largest absolute Gasteiger partial charge is 0.329 e. The number of sulfonamides is 1. The molecule has 3 N–H and O–H groups in total. The summed E-state index contributed by atoms with van der Waals surface area (Å²) < 4.78 is 26.8. The van der Waals surface area contributed by atoms with Crippen molar-refractivity contribution < 1.29 is 8.42 Å². The number of benzene rings is 1. The third kappa shape index (κ3) is 4.57. The Morgan fingerprint density at radius 2 is 1.83 bits per heavy atom. The SMILES string of the molecule is CC(C)CC(CN)NS(=O)(=O)c1ccc(Cl)cc1. The van der Waals surface area contributed by atoms with Crippen molar-refractivity contribution >= 4 is 21.6 Å². The lowest BCUT2D eigenvalue weighted by Crippen LogP contribution is -2.40. The van der Waals surface area contributed by atoms with Crippen LogP contribution in [0.5, 0.6) is 0 Å². The Kier molecular flexibility index (Phi) is 5.59. The van der Waals surface area contributed by atoms with Crippen molar-refractivity contribution in [1.29, 1.82) is 0 Å². The molecule has 0 aliphatic rings. The zero-order valence-electron chi connectivity index (χ0n) is 10.6. The van der Waals surface area contributed by atoms with E-state index < -0.39 is 10.0 Å². The molecule has 1 atom stereocenters. The number of rotatable bonds is 6. The van der Waals surface area contributed by atoms with Crippen LogP contribution < -0.4 is 10.5 Å². The Balaban J connectivity index is 2.83. The first-order chi connectivity index (χ1) is 8.35. The topological polar surface area (TPSA) is 72.2 Å². The number of hydrogen-bond acceptors (Lipinski definition) is 3. The van der Waals surface area contributed by atoms with Gasteiger partial charge in [-0.3, -0.25) is 0 Å². The third-order valence-electron chi connectivity index (χ3n) is 2.49. The van der Waals surface area contributed by atoms with Crippen molar-refractivity contribution in [3.8, 4) is 0 Å². The summed E-state index contributed by atoms with van der Waals surface area (Å²) in [6.45, 7) is 4.34. The molecule has 0 fully saturated rings. The molecule has 0 aliphatic carbocycles. The van der Waals surface area contributed by atoms with Gasteiger partial charge in [-0.25, -0.2) is 13.1 Å². The minimum atomic E-state index is -3.52. The standard InChI is InChI=1S/C12H19ClN2O2S/c1-9(2)7-11(8-14)15-18(16,17)12-5-3-10(13)4-6-12/h3-6,9,11,15H,7-8,14H2,1-2H3. The summed E-state index contributed by atoms with van der Waals surface area (Å²) in [5.41, 5.74) is 5.58. The molecule has 0 saturated carbocycles. The first-order valence-electron chi connectivity index (χ1n) is 5.83. The lowest BCUT2D eigenvalue weighted by atomic mass is 10.1. The van der Waals surface area contributed by atoms with Crippen LogP contribution >= 0.6 is 11.6 Å². The molecule has 6 heteroatoms. The summed E-state index contributed by atoms with van der Waals surface area (Å²) >= 11 is 5.73. The van der Waals surface area contributed by atoms with E-state index in [0.29, 0.717) is 17.4 Å². The number of hydrogen-bond donors (Lipinski definition) is 2. The highest BCUT2D eigenvalue weighted by Gasteiger charge is 2.19. The van der Waals surface area contributed by atoms with E-state index in [9.17, 15) is 8.42 Å². The smallest absolute Gasteiger partial charge is 0.240 e. The zero-order chi connectivity index (χ0) is 13.8. The van der Waals surface area contributed by atoms with E-state index >= 15 is 0 Å². The van der Waals surface area contributed by atoms with Crippen molar-refractivity contribution in [1.82, 2.24) is 4.72 Å². The van der Waals surface area contributed by atoms with Crippen molar-refractivity contribution in [3.05, 3.63) is 29.3 Å². The average molecular weight is 291 g/mol. The fraction of sp³-hybridized carbons (Fsp3) is 0.500. The lowest BCUT2D eigenvalue weighted by Gasteiger charge is -2.18. The van der Waals surface area contributed by atoms with Gasteiger partial charge in [-0.05, 0) is 36.6 Å². The molecule has 18 heavy (non-hydrogen) atoms. The Labute approximate surface area is 114 Å². The zero-order valence-corrected chi connectivity index (χ0v) is 12.1. The molecule has 4 nitrogen and oxygen atoms in total. The highest BCUT2D eigenvalue weighted by atomic mass is 35.5. The summed E-state index contributed by atoms with van der Waals surface area (Å²) in [6, 6.07) is 5.82. The highest BCUT2D eigenvalue weighted by molar-refractivity contribution is 7.89. The van der Waals surface area contributed by atoms with E-state index in [4.69, 9.17) is 17.3 Å². The Bertz CT molecular complexity index is 471. The highest BCUT2D eigenvalue weighted by Crippen LogP contribution is 2.15. The molecule has 0 radical (unpaired) electrons. The summed E-state index contributed by atoms with van der Waals surface area (Å²) in [6.07, 6.45) is 0.712. The van der Waals surface area contributed by atoms with Gasteiger partial charge in [0.15, 0.2) is 0 Å². The predicted molar refractivity (Wildman–Crippen MR) is 74.1 cm³/mol. The van der Waals surface area contributed by atoms with E-state index in [1.165, 1.54) is 12.1 Å². The van der Waals surface area contributed by atoms with Crippen molar-refractivity contribution in [2.45, 2.75) is 31.2 Å². The van der Waals surface area contributed by atoms with Crippen LogP contribution in [0.15, 0.2) is 29.2 Å². The van der Waals surface area contributed by atoms with Crippen LogP contribution in [0.25, 0.3) is 0 Å². The van der Waals surface area contributed by atoms with Gasteiger partial charge in [0.1, 0.15) is 0 Å². The second-order valence-corrected chi connectivity index (χ2v) is 6.79. The van der Waals surface area contributed by atoms with Crippen LogP contribution in [-0.2, 0) is 10.0 Å². The molecular weight excluding hydrogens is 272 g/mol. The summed E-state index contributed by atoms with van der Waals surface area (Å²) in [5.74, 6) is 0.381. The van der Waals surface area contributed by atoms with Gasteiger partial charge in [-0.1, -0.05) is 25.4 Å². The van der Waals surface area contributed by atoms with Crippen LogP contribution in [0.4, 0.5) is 0 Å². The summed E-state index contributed by atoms with van der Waals surface area (Å²) in [4.78, 5) is 0.203. The van der Waals surface area contributed by atoms with Crippen LogP contribution in [0.1, 0.15) is 20.3 Å². The van der Waals surface area contributed by atoms with Gasteiger partial charge in [0, 0.05) is 17.6 Å². The maximum absolute atomic E-state index is 12.1. The van der Waals surface area contributed by atoms with Crippen LogP contribution in [-0.4, -0.2) is 21.0 Å². The predicted octanol–water partition coefficient (Wildman–Crippen LogP) is 1.99. The van der Waals surface area contributed by atoms with E-state index in [2.05, 4.69) is 4.72 Å². The Hall–Kier alpha value is -0.620. The summed E-state index contributed by atoms with van der Waals surface area (Å²) in [7, 11) is -3.52. The van der Waals surface area contributed by atoms with Crippen LogP contribution in [0.3, 0.4) is 0 Å². The monoisotopic (exact) mass is 290 g/mol. The third-order valence-corrected chi connectivity index (χ3v) is 4.27. The van der Waals surface area contributed by atoms with E-state index in [1.54, 1.807) is 12.1 Å². The molecule has 0 aromatic heterocycles. The number of nitrogens with two attached hydrogens (primary N) is 1. The van der Waals surface area contributed by atoms with Gasteiger partial charge in [0.25, 0.3) is 0 Å². The van der Waals surface area contributed by atoms with Gasteiger partial charge in [-0.15, -0.1) is 0 Å². The quantitative estimate of drug-likeness (QED) is 0.841. The lowest BCUT2D eigenvalue weighted by molar-refractivity contribution is 0.465. The molecule has 1 unspecified atom stereocenters. The summed E-state index contributed by atoms with van der Waals surface area (Å²) in [5, 5.41) is 0.506. The Morgan fingerprint density at radius 1 is 1.28 bits per heavy atom. The fourth-order valence-electron chi connectivity index (χ4n) is 1.66. The Morgan fingerprint density at radius 3 is 2.28 bits per heavy atom. The maximum atomic E-state index is 12.1. The van der Waals surface area contributed by atoms with Crippen LogP contribution in [0.2, 0.25) is 5.02 Å². The molecular formula is C12H19ClN2O2S. The maximum Gasteiger partial charge on any atom is 0.240 e. The van der Waals surface area contributed by atoms with E-state index in [-0.39, 0.29) is 17.5 Å². The second-order valence-electron chi connectivity index (χ2n) is 4.64. The van der Waals surface area contributed by atoms with Gasteiger partial charge in [0.05, 0.1) is 4.90 Å². The van der Waals surface area contributed by atoms with E-state index in [1.807, 2.05) is 13.8 Å². The number of nitrogens with one attached hydrogen (secondary N) is 1. The number of halogens is 1. The molecule has 1 rings (SSSR count). The van der Waals surface area contributed by atoms with Crippen molar-refractivity contribution in [2.24, 2.45) is 11.7 Å². The average Bonchev–Trinajstić information content (AvgIpc) is 2.27. The molecule has 0 amide bonds. The second kappa shape index (κ2) is 6.52. The van der Waals surface area contributed by atoms with Gasteiger partial charge < -0.3 is 5.73 Å². The molecule has 1 aromatic carbocycles. The normalized spacial score (nSPS) is 13.8. The van der Waals surface area contributed by atoms with Gasteiger partial charge in [-0.2, -0.15) is 0 Å². The first-order valence-corrected chi connectivity index (χ1v) is 7.69. The fourth-order valence-corrected chi connectivity index (χ4v) is 3.05. The van der Waals surface area contributed by atoms with Crippen molar-refractivity contribution in [2.75, 3.05) is 6.54 Å². The van der Waals surface area contributed by atoms with E-state index in [0.717, 1.165) is 0 Å². The first kappa shape index (κ1) is 15.4. The molecule has 1 aromatic rings. The molecule has 0 bridgehead atoms. The molecule has 0 heterocycles. The molecule has 0 aliphatic heterocycles. The van der Waals surface area contributed by atoms with Crippen molar-refractivity contribution in [3.63, 3.8) is 0 Å². The van der Waals surface area contributed by atoms with Gasteiger partial charge in [0.2, 0.25) is 10.0 Å². The van der Waals surface area contributed by atoms with Gasteiger partial charge >= 0.3 is 0 Å². The molecule has 0 spiro atoms.